The highest BCUT2D eigenvalue weighted by Crippen LogP contribution is 2.58. The summed E-state index contributed by atoms with van der Waals surface area (Å²) in [5.41, 5.74) is 1.83. The summed E-state index contributed by atoms with van der Waals surface area (Å²) in [6, 6.07) is 8.31. The number of rotatable bonds is 6. The highest BCUT2D eigenvalue weighted by Gasteiger charge is 2.63. The van der Waals surface area contributed by atoms with Gasteiger partial charge in [-0.25, -0.2) is 9.97 Å². The summed E-state index contributed by atoms with van der Waals surface area (Å²) in [4.78, 5) is 17.7. The maximum atomic E-state index is 6.67. The van der Waals surface area contributed by atoms with Gasteiger partial charge in [0, 0.05) is 24.4 Å². The molecule has 8 nitrogen and oxygen atoms in total. The van der Waals surface area contributed by atoms with Gasteiger partial charge in [0.2, 0.25) is 11.6 Å². The minimum atomic E-state index is -0.857. The molecule has 1 N–H and O–H groups in total. The Labute approximate surface area is 222 Å². The summed E-state index contributed by atoms with van der Waals surface area (Å²) >= 11 is 3.31. The normalized spacial score (nSPS) is 25.7. The largest absolute Gasteiger partial charge is 0.474 e. The van der Waals surface area contributed by atoms with Crippen LogP contribution in [-0.2, 0) is 15.1 Å². The molecule has 7 rings (SSSR count). The van der Waals surface area contributed by atoms with Gasteiger partial charge in [0.25, 0.3) is 0 Å². The lowest BCUT2D eigenvalue weighted by Gasteiger charge is -2.51. The molecule has 3 atom stereocenters. The molecular formula is C27H25N5O3S2. The van der Waals surface area contributed by atoms with Crippen LogP contribution in [0.25, 0.3) is 11.4 Å². The van der Waals surface area contributed by atoms with Crippen LogP contribution in [0, 0.1) is 0 Å². The van der Waals surface area contributed by atoms with Crippen LogP contribution in [-0.4, -0.2) is 38.8 Å². The first-order valence-electron chi connectivity index (χ1n) is 12.3. The number of thiophene rings is 1. The molecular weight excluding hydrogens is 506 g/mol. The topological polar surface area (TPSA) is 79.7 Å². The van der Waals surface area contributed by atoms with Crippen molar-refractivity contribution >= 4 is 39.1 Å². The summed E-state index contributed by atoms with van der Waals surface area (Å²) in [5, 5.41) is 6.11. The van der Waals surface area contributed by atoms with Crippen LogP contribution in [0.2, 0.25) is 0 Å². The van der Waals surface area contributed by atoms with E-state index < -0.39 is 11.9 Å². The van der Waals surface area contributed by atoms with E-state index in [0.29, 0.717) is 12.5 Å². The number of hydrogen-bond donors (Lipinski definition) is 1. The molecule has 3 unspecified atom stereocenters. The molecule has 0 radical (unpaired) electrons. The van der Waals surface area contributed by atoms with Gasteiger partial charge in [-0.2, -0.15) is 0 Å². The maximum Gasteiger partial charge on any atom is 0.245 e. The first kappa shape index (κ1) is 22.6. The van der Waals surface area contributed by atoms with E-state index in [1.165, 1.54) is 0 Å². The number of oxazole rings is 1. The van der Waals surface area contributed by atoms with Crippen molar-refractivity contribution in [3.8, 4) is 0 Å². The number of allylic oxidation sites excluding steroid dienone is 2. The fraction of sp³-hybridized carbons (Fsp3) is 0.259. The predicted octanol–water partition coefficient (Wildman–Crippen LogP) is 6.02. The van der Waals surface area contributed by atoms with Crippen molar-refractivity contribution in [1.82, 2.24) is 19.9 Å². The van der Waals surface area contributed by atoms with Crippen LogP contribution in [0.5, 0.6) is 0 Å². The van der Waals surface area contributed by atoms with Crippen molar-refractivity contribution in [2.75, 3.05) is 11.5 Å². The van der Waals surface area contributed by atoms with Crippen LogP contribution < -0.4 is 4.90 Å². The Morgan fingerprint density at radius 2 is 2.03 bits per heavy atom. The van der Waals surface area contributed by atoms with Gasteiger partial charge in [0.05, 0.1) is 28.9 Å². The lowest BCUT2D eigenvalue weighted by molar-refractivity contribution is -0.108. The number of ether oxygens (including phenoxy) is 2. The number of anilines is 1. The van der Waals surface area contributed by atoms with E-state index in [1.807, 2.05) is 36.0 Å². The monoisotopic (exact) mass is 531 g/mol. The third-order valence-corrected chi connectivity index (χ3v) is 8.67. The van der Waals surface area contributed by atoms with Gasteiger partial charge in [-0.3, -0.25) is 9.80 Å². The molecule has 0 saturated carbocycles. The SMILES string of the molecule is C1=COC(N2C(c3ncco3)=C(c3ccc[nH]3)N(c3cccs3)C2(c2nccs2)C2CCCCO2)C=C1. The average Bonchev–Trinajstić information content (AvgIpc) is 3.78. The Kier molecular flexibility index (Phi) is 5.72. The third-order valence-electron chi connectivity index (χ3n) is 6.93. The molecule has 4 aromatic heterocycles. The lowest BCUT2D eigenvalue weighted by Crippen LogP contribution is -2.63. The molecule has 0 spiro atoms. The molecule has 188 valence electrons. The van der Waals surface area contributed by atoms with Gasteiger partial charge in [0.15, 0.2) is 6.23 Å². The zero-order valence-electron chi connectivity index (χ0n) is 19.9. The summed E-state index contributed by atoms with van der Waals surface area (Å²) in [5.74, 6) is 0.506. The second-order valence-corrected chi connectivity index (χ2v) is 10.8. The predicted molar refractivity (Wildman–Crippen MR) is 143 cm³/mol. The standard InChI is InChI=1S/C27H25N5O3S2/c1-3-14-33-20(8-1)27(26-30-13-18-37-26)31(21-9-2-4-15-34-21)24(25-29-12-16-35-25)23(19-7-5-11-28-19)32(27)22-10-6-17-36-22/h2,4-7,9-13,15-18,20-21,28H,1,3,8,14H2. The fourth-order valence-electron chi connectivity index (χ4n) is 5.56. The van der Waals surface area contributed by atoms with E-state index in [1.54, 1.807) is 41.4 Å². The van der Waals surface area contributed by atoms with E-state index in [2.05, 4.69) is 49.4 Å². The number of aromatic amines is 1. The molecule has 3 aliphatic rings. The molecule has 1 saturated heterocycles. The third kappa shape index (κ3) is 3.51. The van der Waals surface area contributed by atoms with Crippen molar-refractivity contribution < 1.29 is 13.9 Å². The number of nitrogens with one attached hydrogen (secondary N) is 1. The Morgan fingerprint density at radius 1 is 1.03 bits per heavy atom. The molecule has 1 fully saturated rings. The van der Waals surface area contributed by atoms with Crippen LogP contribution in [0.15, 0.2) is 88.8 Å². The molecule has 0 bridgehead atoms. The van der Waals surface area contributed by atoms with Crippen molar-refractivity contribution in [1.29, 1.82) is 0 Å². The van der Waals surface area contributed by atoms with E-state index in [-0.39, 0.29) is 6.10 Å². The van der Waals surface area contributed by atoms with E-state index >= 15 is 0 Å². The number of aromatic nitrogens is 3. The molecule has 0 aliphatic carbocycles. The highest BCUT2D eigenvalue weighted by molar-refractivity contribution is 7.14. The van der Waals surface area contributed by atoms with E-state index in [4.69, 9.17) is 18.9 Å². The zero-order valence-corrected chi connectivity index (χ0v) is 21.5. The fourth-order valence-corrected chi connectivity index (χ4v) is 7.21. The van der Waals surface area contributed by atoms with Crippen molar-refractivity contribution in [3.63, 3.8) is 0 Å². The Hall–Kier alpha value is -3.60. The van der Waals surface area contributed by atoms with Crippen LogP contribution >= 0.6 is 22.7 Å². The van der Waals surface area contributed by atoms with Gasteiger partial charge in [0.1, 0.15) is 23.1 Å². The average molecular weight is 532 g/mol. The summed E-state index contributed by atoms with van der Waals surface area (Å²) in [6.07, 6.45) is 17.1. The summed E-state index contributed by atoms with van der Waals surface area (Å²) < 4.78 is 19.0. The first-order valence-corrected chi connectivity index (χ1v) is 14.1. The molecule has 10 heteroatoms. The van der Waals surface area contributed by atoms with Crippen LogP contribution in [0.4, 0.5) is 5.00 Å². The summed E-state index contributed by atoms with van der Waals surface area (Å²) in [7, 11) is 0. The van der Waals surface area contributed by atoms with Gasteiger partial charge in [-0.05, 0) is 61.1 Å². The smallest absolute Gasteiger partial charge is 0.245 e. The van der Waals surface area contributed by atoms with Crippen LogP contribution in [0.1, 0.15) is 35.9 Å². The molecule has 7 heterocycles. The minimum absolute atomic E-state index is 0.199. The summed E-state index contributed by atoms with van der Waals surface area (Å²) in [6.45, 7) is 0.692. The lowest BCUT2D eigenvalue weighted by atomic mass is 9.92. The first-order chi connectivity index (χ1) is 18.4. The highest BCUT2D eigenvalue weighted by atomic mass is 32.1. The van der Waals surface area contributed by atoms with E-state index in [0.717, 1.165) is 46.4 Å². The Bertz CT molecular complexity index is 1400. The van der Waals surface area contributed by atoms with Crippen molar-refractivity contribution in [3.05, 3.63) is 101 Å². The second kappa shape index (κ2) is 9.37. The van der Waals surface area contributed by atoms with Crippen molar-refractivity contribution in [2.45, 2.75) is 37.3 Å². The second-order valence-electron chi connectivity index (χ2n) is 8.93. The molecule has 0 aromatic carbocycles. The Balaban J connectivity index is 1.60. The van der Waals surface area contributed by atoms with Gasteiger partial charge in [-0.15, -0.1) is 22.7 Å². The quantitative estimate of drug-likeness (QED) is 0.326. The number of nitrogens with zero attached hydrogens (tertiary/aromatic N) is 4. The molecule has 37 heavy (non-hydrogen) atoms. The number of H-pyrrole nitrogens is 1. The molecule has 0 amide bonds. The number of hydrogen-bond acceptors (Lipinski definition) is 9. The van der Waals surface area contributed by atoms with Gasteiger partial charge in [-0.1, -0.05) is 6.08 Å². The zero-order chi connectivity index (χ0) is 24.7. The Morgan fingerprint density at radius 3 is 2.70 bits per heavy atom. The van der Waals surface area contributed by atoms with Gasteiger partial charge >= 0.3 is 0 Å². The molecule has 3 aliphatic heterocycles. The number of thiazole rings is 1. The minimum Gasteiger partial charge on any atom is -0.474 e. The van der Waals surface area contributed by atoms with Crippen LogP contribution in [0.3, 0.4) is 0 Å². The maximum absolute atomic E-state index is 6.67. The van der Waals surface area contributed by atoms with Gasteiger partial charge < -0.3 is 18.9 Å². The van der Waals surface area contributed by atoms with E-state index in [9.17, 15) is 0 Å². The van der Waals surface area contributed by atoms with Crippen molar-refractivity contribution in [2.24, 2.45) is 0 Å². The molecule has 4 aromatic rings.